The van der Waals surface area contributed by atoms with Gasteiger partial charge in [0.25, 0.3) is 0 Å². The molecule has 0 bridgehead atoms. The highest BCUT2D eigenvalue weighted by Crippen LogP contribution is 2.40. The average molecular weight is 230 g/mol. The molecular formula is C14H14O3. The van der Waals surface area contributed by atoms with Crippen LogP contribution in [0.1, 0.15) is 36.4 Å². The van der Waals surface area contributed by atoms with Gasteiger partial charge in [0, 0.05) is 18.2 Å². The third-order valence-electron chi connectivity index (χ3n) is 3.30. The number of rotatable bonds is 0. The lowest BCUT2D eigenvalue weighted by atomic mass is 9.76. The second kappa shape index (κ2) is 3.13. The van der Waals surface area contributed by atoms with Crippen LogP contribution in [0.15, 0.2) is 22.6 Å². The first kappa shape index (κ1) is 10.4. The molecule has 0 spiro atoms. The summed E-state index contributed by atoms with van der Waals surface area (Å²) in [4.78, 5) is 12.1. The Morgan fingerprint density at radius 2 is 2.06 bits per heavy atom. The highest BCUT2D eigenvalue weighted by molar-refractivity contribution is 6.09. The van der Waals surface area contributed by atoms with Crippen LogP contribution < -0.4 is 0 Å². The van der Waals surface area contributed by atoms with Gasteiger partial charge in [-0.15, -0.1) is 0 Å². The minimum atomic E-state index is -0.0417. The van der Waals surface area contributed by atoms with E-state index in [4.69, 9.17) is 4.42 Å². The number of Topliss-reactive ketones (excluding diaryl/α,β-unsaturated/α-hetero) is 1. The Morgan fingerprint density at radius 1 is 1.29 bits per heavy atom. The van der Waals surface area contributed by atoms with Crippen molar-refractivity contribution in [1.29, 1.82) is 0 Å². The van der Waals surface area contributed by atoms with Gasteiger partial charge in [0.05, 0.1) is 5.56 Å². The van der Waals surface area contributed by atoms with Crippen LogP contribution in [0.4, 0.5) is 0 Å². The van der Waals surface area contributed by atoms with E-state index in [0.717, 1.165) is 17.6 Å². The van der Waals surface area contributed by atoms with Gasteiger partial charge in [0.2, 0.25) is 0 Å². The summed E-state index contributed by atoms with van der Waals surface area (Å²) in [5, 5.41) is 10.2. The third-order valence-corrected chi connectivity index (χ3v) is 3.30. The molecule has 0 unspecified atom stereocenters. The Balaban J connectivity index is 2.29. The number of hydrogen-bond donors (Lipinski definition) is 1. The lowest BCUT2D eigenvalue weighted by Gasteiger charge is -2.27. The van der Waals surface area contributed by atoms with Crippen molar-refractivity contribution < 1.29 is 14.3 Å². The first-order valence-corrected chi connectivity index (χ1v) is 5.74. The van der Waals surface area contributed by atoms with Crippen molar-refractivity contribution in [3.8, 4) is 5.75 Å². The van der Waals surface area contributed by atoms with Gasteiger partial charge in [-0.3, -0.25) is 4.79 Å². The molecule has 3 nitrogen and oxygen atoms in total. The minimum Gasteiger partial charge on any atom is -0.508 e. The van der Waals surface area contributed by atoms with E-state index >= 15 is 0 Å². The SMILES string of the molecule is CC1(C)CC(=O)c2c(oc3ccc(O)cc23)C1. The molecule has 88 valence electrons. The molecule has 3 heteroatoms. The summed E-state index contributed by atoms with van der Waals surface area (Å²) in [6.07, 6.45) is 1.30. The van der Waals surface area contributed by atoms with Gasteiger partial charge < -0.3 is 9.52 Å². The van der Waals surface area contributed by atoms with E-state index in [-0.39, 0.29) is 16.9 Å². The summed E-state index contributed by atoms with van der Waals surface area (Å²) in [6, 6.07) is 4.89. The van der Waals surface area contributed by atoms with Crippen LogP contribution >= 0.6 is 0 Å². The molecule has 17 heavy (non-hydrogen) atoms. The van der Waals surface area contributed by atoms with Gasteiger partial charge in [-0.05, 0) is 23.6 Å². The molecule has 0 saturated carbocycles. The van der Waals surface area contributed by atoms with Crippen molar-refractivity contribution in [3.63, 3.8) is 0 Å². The quantitative estimate of drug-likeness (QED) is 0.755. The summed E-state index contributed by atoms with van der Waals surface area (Å²) < 4.78 is 5.72. The molecule has 0 aliphatic heterocycles. The highest BCUT2D eigenvalue weighted by atomic mass is 16.3. The molecule has 1 aromatic heterocycles. The number of furan rings is 1. The van der Waals surface area contributed by atoms with E-state index in [1.54, 1.807) is 18.2 Å². The number of hydrogen-bond acceptors (Lipinski definition) is 3. The Bertz CT molecular complexity index is 620. The van der Waals surface area contributed by atoms with Crippen LogP contribution in [0.25, 0.3) is 11.0 Å². The normalized spacial score (nSPS) is 18.4. The molecule has 0 amide bonds. The van der Waals surface area contributed by atoms with Gasteiger partial charge >= 0.3 is 0 Å². The fourth-order valence-corrected chi connectivity index (χ4v) is 2.59. The number of phenolic OH excluding ortho intramolecular Hbond substituents is 1. The number of carbonyl (C=O) groups excluding carboxylic acids is 1. The standard InChI is InChI=1S/C14H14O3/c1-14(2)6-10(16)13-9-5-8(15)3-4-11(9)17-12(13)7-14/h3-5,15H,6-7H2,1-2H3. The number of phenols is 1. The fourth-order valence-electron chi connectivity index (χ4n) is 2.59. The zero-order valence-electron chi connectivity index (χ0n) is 9.91. The summed E-state index contributed by atoms with van der Waals surface area (Å²) in [5.41, 5.74) is 1.30. The monoisotopic (exact) mass is 230 g/mol. The topological polar surface area (TPSA) is 50.4 Å². The maximum Gasteiger partial charge on any atom is 0.167 e. The maximum atomic E-state index is 12.1. The molecule has 0 saturated heterocycles. The summed E-state index contributed by atoms with van der Waals surface area (Å²) >= 11 is 0. The third kappa shape index (κ3) is 1.54. The van der Waals surface area contributed by atoms with E-state index in [1.165, 1.54) is 0 Å². The molecule has 1 aliphatic carbocycles. The minimum absolute atomic E-state index is 0.0417. The Hall–Kier alpha value is -1.77. The van der Waals surface area contributed by atoms with E-state index in [2.05, 4.69) is 13.8 Å². The van der Waals surface area contributed by atoms with Gasteiger partial charge in [-0.1, -0.05) is 13.8 Å². The molecular weight excluding hydrogens is 216 g/mol. The van der Waals surface area contributed by atoms with Crippen LogP contribution in [0.3, 0.4) is 0 Å². The molecule has 1 aromatic carbocycles. The zero-order chi connectivity index (χ0) is 12.2. The van der Waals surface area contributed by atoms with Crippen molar-refractivity contribution in [3.05, 3.63) is 29.5 Å². The molecule has 1 aliphatic rings. The predicted octanol–water partition coefficient (Wildman–Crippen LogP) is 3.29. The summed E-state index contributed by atoms with van der Waals surface area (Å²) in [5.74, 6) is 1.03. The number of aromatic hydroxyl groups is 1. The number of benzene rings is 1. The van der Waals surface area contributed by atoms with Crippen LogP contribution in [-0.2, 0) is 6.42 Å². The zero-order valence-corrected chi connectivity index (χ0v) is 9.91. The Labute approximate surface area is 99.0 Å². The van der Waals surface area contributed by atoms with Crippen LogP contribution in [0.2, 0.25) is 0 Å². The van der Waals surface area contributed by atoms with Crippen molar-refractivity contribution in [1.82, 2.24) is 0 Å². The lowest BCUT2D eigenvalue weighted by molar-refractivity contribution is 0.0906. The molecule has 3 rings (SSSR count). The summed E-state index contributed by atoms with van der Waals surface area (Å²) in [6.45, 7) is 4.14. The van der Waals surface area contributed by atoms with Crippen molar-refractivity contribution in [2.45, 2.75) is 26.7 Å². The number of fused-ring (bicyclic) bond motifs is 3. The molecule has 0 atom stereocenters. The molecule has 0 radical (unpaired) electrons. The van der Waals surface area contributed by atoms with Gasteiger partial charge in [0.1, 0.15) is 17.1 Å². The average Bonchev–Trinajstić information content (AvgIpc) is 2.52. The second-order valence-corrected chi connectivity index (χ2v) is 5.52. The van der Waals surface area contributed by atoms with Gasteiger partial charge in [-0.2, -0.15) is 0 Å². The smallest absolute Gasteiger partial charge is 0.167 e. The largest absolute Gasteiger partial charge is 0.508 e. The van der Waals surface area contributed by atoms with Crippen LogP contribution in [0.5, 0.6) is 5.75 Å². The Kier molecular flexibility index (Phi) is 1.91. The second-order valence-electron chi connectivity index (χ2n) is 5.52. The molecule has 0 fully saturated rings. The van der Waals surface area contributed by atoms with Crippen molar-refractivity contribution in [2.24, 2.45) is 5.41 Å². The highest BCUT2D eigenvalue weighted by Gasteiger charge is 2.35. The Morgan fingerprint density at radius 3 is 2.82 bits per heavy atom. The molecule has 1 heterocycles. The molecule has 2 aromatic rings. The first-order valence-electron chi connectivity index (χ1n) is 5.74. The van der Waals surface area contributed by atoms with Crippen LogP contribution in [0, 0.1) is 5.41 Å². The number of ketones is 1. The van der Waals surface area contributed by atoms with E-state index in [1.807, 2.05) is 0 Å². The predicted molar refractivity (Wildman–Crippen MR) is 64.3 cm³/mol. The van der Waals surface area contributed by atoms with Crippen LogP contribution in [-0.4, -0.2) is 10.9 Å². The van der Waals surface area contributed by atoms with Crippen molar-refractivity contribution >= 4 is 16.8 Å². The maximum absolute atomic E-state index is 12.1. The first-order chi connectivity index (χ1) is 7.96. The fraction of sp³-hybridized carbons (Fsp3) is 0.357. The van der Waals surface area contributed by atoms with Gasteiger partial charge in [-0.25, -0.2) is 0 Å². The van der Waals surface area contributed by atoms with E-state index < -0.39 is 0 Å². The lowest BCUT2D eigenvalue weighted by Crippen LogP contribution is -2.25. The van der Waals surface area contributed by atoms with Crippen molar-refractivity contribution in [2.75, 3.05) is 0 Å². The van der Waals surface area contributed by atoms with Gasteiger partial charge in [0.15, 0.2) is 5.78 Å². The van der Waals surface area contributed by atoms with E-state index in [9.17, 15) is 9.90 Å². The summed E-state index contributed by atoms with van der Waals surface area (Å²) in [7, 11) is 0. The van der Waals surface area contributed by atoms with E-state index in [0.29, 0.717) is 17.6 Å². The molecule has 1 N–H and O–H groups in total. The number of carbonyl (C=O) groups is 1.